The third-order valence-corrected chi connectivity index (χ3v) is 5.05. The van der Waals surface area contributed by atoms with Crippen molar-refractivity contribution in [3.05, 3.63) is 65.4 Å². The maximum atomic E-state index is 11.9. The molecule has 1 aromatic heterocycles. The van der Waals surface area contributed by atoms with Crippen LogP contribution in [-0.2, 0) is 6.42 Å². The number of allylic oxidation sites excluding steroid dienone is 2. The number of nitrogens with two attached hydrogens (primary N) is 1. The standard InChI is InChI=1S/C22H27N3O/c1-22(2)11-8-17(9-12-22)19-15-16(6-7-18(19)21(23)26)10-14-25-20-5-3-4-13-24-20/h3-8,13,15H,9-12,14H2,1-2H3,(H2,23,26)(H,24,25). The fourth-order valence-corrected chi connectivity index (χ4v) is 3.35. The molecule has 0 bridgehead atoms. The van der Waals surface area contributed by atoms with Gasteiger partial charge in [0.25, 0.3) is 0 Å². The number of carbonyl (C=O) groups excluding carboxylic acids is 1. The summed E-state index contributed by atoms with van der Waals surface area (Å²) in [5.41, 5.74) is 10.0. The maximum Gasteiger partial charge on any atom is 0.249 e. The van der Waals surface area contributed by atoms with Gasteiger partial charge in [0.1, 0.15) is 5.82 Å². The van der Waals surface area contributed by atoms with Crippen molar-refractivity contribution in [3.63, 3.8) is 0 Å². The average molecular weight is 349 g/mol. The van der Waals surface area contributed by atoms with Gasteiger partial charge in [0.2, 0.25) is 5.91 Å². The Morgan fingerprint density at radius 3 is 2.77 bits per heavy atom. The summed E-state index contributed by atoms with van der Waals surface area (Å²) in [6.07, 6.45) is 8.07. The molecule has 1 aliphatic carbocycles. The topological polar surface area (TPSA) is 68.0 Å². The smallest absolute Gasteiger partial charge is 0.249 e. The lowest BCUT2D eigenvalue weighted by Gasteiger charge is -2.29. The van der Waals surface area contributed by atoms with E-state index in [9.17, 15) is 4.79 Å². The van der Waals surface area contributed by atoms with E-state index < -0.39 is 0 Å². The Morgan fingerprint density at radius 2 is 2.12 bits per heavy atom. The lowest BCUT2D eigenvalue weighted by atomic mass is 9.76. The third kappa shape index (κ3) is 4.51. The third-order valence-electron chi connectivity index (χ3n) is 5.05. The van der Waals surface area contributed by atoms with Crippen molar-refractivity contribution in [2.45, 2.75) is 39.5 Å². The normalized spacial score (nSPS) is 16.0. The van der Waals surface area contributed by atoms with Gasteiger partial charge in [-0.15, -0.1) is 0 Å². The first-order chi connectivity index (χ1) is 12.4. The summed E-state index contributed by atoms with van der Waals surface area (Å²) in [6, 6.07) is 11.8. The number of nitrogens with one attached hydrogen (secondary N) is 1. The first-order valence-electron chi connectivity index (χ1n) is 9.22. The number of pyridine rings is 1. The van der Waals surface area contributed by atoms with Crippen molar-refractivity contribution in [2.75, 3.05) is 11.9 Å². The quantitative estimate of drug-likeness (QED) is 0.811. The number of nitrogens with zero attached hydrogens (tertiary/aromatic N) is 1. The van der Waals surface area contributed by atoms with Crippen LogP contribution < -0.4 is 11.1 Å². The molecule has 4 nitrogen and oxygen atoms in total. The number of rotatable bonds is 6. The van der Waals surface area contributed by atoms with Gasteiger partial charge in [-0.3, -0.25) is 4.79 Å². The minimum Gasteiger partial charge on any atom is -0.370 e. The van der Waals surface area contributed by atoms with Crippen LogP contribution in [0.5, 0.6) is 0 Å². The molecular formula is C22H27N3O. The molecule has 3 N–H and O–H groups in total. The molecule has 136 valence electrons. The second-order valence-electron chi connectivity index (χ2n) is 7.73. The van der Waals surface area contributed by atoms with Crippen molar-refractivity contribution >= 4 is 17.3 Å². The molecule has 0 radical (unpaired) electrons. The molecule has 3 rings (SSSR count). The molecule has 0 atom stereocenters. The molecular weight excluding hydrogens is 322 g/mol. The van der Waals surface area contributed by atoms with Crippen LogP contribution in [-0.4, -0.2) is 17.4 Å². The maximum absolute atomic E-state index is 11.9. The van der Waals surface area contributed by atoms with Crippen molar-refractivity contribution in [3.8, 4) is 0 Å². The van der Waals surface area contributed by atoms with E-state index >= 15 is 0 Å². The van der Waals surface area contributed by atoms with Crippen molar-refractivity contribution in [1.82, 2.24) is 4.98 Å². The SMILES string of the molecule is CC1(C)CC=C(c2cc(CCNc3ccccn3)ccc2C(N)=O)CC1. The summed E-state index contributed by atoms with van der Waals surface area (Å²) >= 11 is 0. The fraction of sp³-hybridized carbons (Fsp3) is 0.364. The minimum atomic E-state index is -0.358. The molecule has 4 heteroatoms. The van der Waals surface area contributed by atoms with Gasteiger partial charge in [0, 0.05) is 18.3 Å². The van der Waals surface area contributed by atoms with Crippen LogP contribution in [0.3, 0.4) is 0 Å². The van der Waals surface area contributed by atoms with Gasteiger partial charge in [-0.1, -0.05) is 38.1 Å². The molecule has 0 spiro atoms. The van der Waals surface area contributed by atoms with E-state index in [0.717, 1.165) is 43.6 Å². The highest BCUT2D eigenvalue weighted by Gasteiger charge is 2.23. The van der Waals surface area contributed by atoms with Gasteiger partial charge >= 0.3 is 0 Å². The first-order valence-corrected chi connectivity index (χ1v) is 9.22. The summed E-state index contributed by atoms with van der Waals surface area (Å²) in [4.78, 5) is 16.1. The Morgan fingerprint density at radius 1 is 1.27 bits per heavy atom. The van der Waals surface area contributed by atoms with E-state index in [-0.39, 0.29) is 5.91 Å². The number of carbonyl (C=O) groups is 1. The number of benzene rings is 1. The monoisotopic (exact) mass is 349 g/mol. The Hall–Kier alpha value is -2.62. The van der Waals surface area contributed by atoms with Crippen molar-refractivity contribution in [2.24, 2.45) is 11.1 Å². The summed E-state index contributed by atoms with van der Waals surface area (Å²) in [5.74, 6) is 0.516. The van der Waals surface area contributed by atoms with Crippen LogP contribution in [0.15, 0.2) is 48.7 Å². The molecule has 1 aliphatic rings. The number of primary amides is 1. The number of hydrogen-bond donors (Lipinski definition) is 2. The number of aromatic nitrogens is 1. The first kappa shape index (κ1) is 18.2. The summed E-state index contributed by atoms with van der Waals surface area (Å²) in [6.45, 7) is 5.36. The number of amides is 1. The number of anilines is 1. The van der Waals surface area contributed by atoms with Crippen LogP contribution in [0.4, 0.5) is 5.82 Å². The molecule has 0 aliphatic heterocycles. The average Bonchev–Trinajstić information content (AvgIpc) is 2.62. The Bertz CT molecular complexity index is 809. The van der Waals surface area contributed by atoms with E-state index in [1.54, 1.807) is 6.20 Å². The van der Waals surface area contributed by atoms with Gasteiger partial charge in [-0.25, -0.2) is 4.98 Å². The van der Waals surface area contributed by atoms with E-state index in [1.807, 2.05) is 30.3 Å². The molecule has 1 heterocycles. The highest BCUT2D eigenvalue weighted by molar-refractivity contribution is 5.98. The Kier molecular flexibility index (Phi) is 5.40. The fourth-order valence-electron chi connectivity index (χ4n) is 3.35. The largest absolute Gasteiger partial charge is 0.370 e. The molecule has 26 heavy (non-hydrogen) atoms. The second-order valence-corrected chi connectivity index (χ2v) is 7.73. The number of hydrogen-bond acceptors (Lipinski definition) is 3. The van der Waals surface area contributed by atoms with Crippen LogP contribution in [0.1, 0.15) is 54.6 Å². The van der Waals surface area contributed by atoms with Crippen LogP contribution in [0, 0.1) is 5.41 Å². The Labute approximate surface area is 155 Å². The van der Waals surface area contributed by atoms with Crippen molar-refractivity contribution in [1.29, 1.82) is 0 Å². The molecule has 1 amide bonds. The van der Waals surface area contributed by atoms with Crippen LogP contribution in [0.2, 0.25) is 0 Å². The van der Waals surface area contributed by atoms with Crippen LogP contribution >= 0.6 is 0 Å². The minimum absolute atomic E-state index is 0.334. The molecule has 0 unspecified atom stereocenters. The van der Waals surface area contributed by atoms with Crippen LogP contribution in [0.25, 0.3) is 5.57 Å². The molecule has 1 aromatic carbocycles. The second kappa shape index (κ2) is 7.73. The molecule has 2 aromatic rings. The lowest BCUT2D eigenvalue weighted by molar-refractivity contribution is 0.1000. The van der Waals surface area contributed by atoms with Gasteiger partial charge in [0.15, 0.2) is 0 Å². The lowest BCUT2D eigenvalue weighted by Crippen LogP contribution is -2.17. The zero-order valence-corrected chi connectivity index (χ0v) is 15.6. The predicted octanol–water partition coefficient (Wildman–Crippen LogP) is 4.43. The summed E-state index contributed by atoms with van der Waals surface area (Å²) in [5, 5.41) is 3.32. The summed E-state index contributed by atoms with van der Waals surface area (Å²) < 4.78 is 0. The zero-order chi connectivity index (χ0) is 18.6. The Balaban J connectivity index is 1.76. The van der Waals surface area contributed by atoms with E-state index in [4.69, 9.17) is 5.73 Å². The van der Waals surface area contributed by atoms with Gasteiger partial charge < -0.3 is 11.1 Å². The highest BCUT2D eigenvalue weighted by Crippen LogP contribution is 2.38. The van der Waals surface area contributed by atoms with Gasteiger partial charge in [0.05, 0.1) is 0 Å². The predicted molar refractivity (Wildman–Crippen MR) is 107 cm³/mol. The van der Waals surface area contributed by atoms with Gasteiger partial charge in [-0.2, -0.15) is 0 Å². The van der Waals surface area contributed by atoms with Crippen molar-refractivity contribution < 1.29 is 4.79 Å². The van der Waals surface area contributed by atoms with E-state index in [1.165, 1.54) is 11.1 Å². The molecule has 0 fully saturated rings. The zero-order valence-electron chi connectivity index (χ0n) is 15.6. The molecule has 0 saturated carbocycles. The van der Waals surface area contributed by atoms with E-state index in [0.29, 0.717) is 11.0 Å². The summed E-state index contributed by atoms with van der Waals surface area (Å²) in [7, 11) is 0. The highest BCUT2D eigenvalue weighted by atomic mass is 16.1. The van der Waals surface area contributed by atoms with Gasteiger partial charge in [-0.05, 0) is 66.0 Å². The van der Waals surface area contributed by atoms with E-state index in [2.05, 4.69) is 36.3 Å². The molecule has 0 saturated heterocycles.